The fourth-order valence-electron chi connectivity index (χ4n) is 1.55. The van der Waals surface area contributed by atoms with Gasteiger partial charge in [-0.05, 0) is 24.3 Å². The van der Waals surface area contributed by atoms with Crippen molar-refractivity contribution < 1.29 is 5.11 Å². The maximum absolute atomic E-state index is 9.84. The molecule has 4 nitrogen and oxygen atoms in total. The van der Waals surface area contributed by atoms with Crippen LogP contribution >= 0.6 is 23.2 Å². The van der Waals surface area contributed by atoms with E-state index < -0.39 is 6.10 Å². The van der Waals surface area contributed by atoms with Gasteiger partial charge in [-0.1, -0.05) is 23.2 Å². The molecule has 1 aromatic carbocycles. The van der Waals surface area contributed by atoms with Crippen molar-refractivity contribution in [2.45, 2.75) is 12.6 Å². The van der Waals surface area contributed by atoms with Crippen molar-refractivity contribution in [3.63, 3.8) is 0 Å². The molecule has 0 amide bonds. The summed E-state index contributed by atoms with van der Waals surface area (Å²) in [7, 11) is 0. The second-order valence-electron chi connectivity index (χ2n) is 3.89. The average molecular weight is 286 g/mol. The van der Waals surface area contributed by atoms with Gasteiger partial charge in [0.25, 0.3) is 0 Å². The molecule has 18 heavy (non-hydrogen) atoms. The van der Waals surface area contributed by atoms with Gasteiger partial charge in [-0.15, -0.1) is 0 Å². The van der Waals surface area contributed by atoms with E-state index >= 15 is 0 Å². The van der Waals surface area contributed by atoms with Crippen LogP contribution < -0.4 is 5.32 Å². The summed E-state index contributed by atoms with van der Waals surface area (Å²) in [5, 5.41) is 18.1. The van der Waals surface area contributed by atoms with Crippen LogP contribution in [0.4, 0.5) is 5.69 Å². The number of hydrogen-bond acceptors (Lipinski definition) is 3. The number of nitrogens with one attached hydrogen (secondary N) is 1. The van der Waals surface area contributed by atoms with Crippen molar-refractivity contribution in [3.8, 4) is 0 Å². The summed E-state index contributed by atoms with van der Waals surface area (Å²) in [6, 6.07) is 7.00. The number of rotatable bonds is 5. The number of halogens is 2. The molecule has 1 unspecified atom stereocenters. The largest absolute Gasteiger partial charge is 0.389 e. The lowest BCUT2D eigenvalue weighted by Crippen LogP contribution is -2.25. The van der Waals surface area contributed by atoms with Crippen LogP contribution in [0.15, 0.2) is 36.7 Å². The first-order valence-electron chi connectivity index (χ1n) is 5.49. The van der Waals surface area contributed by atoms with Gasteiger partial charge < -0.3 is 10.4 Å². The first-order chi connectivity index (χ1) is 8.65. The summed E-state index contributed by atoms with van der Waals surface area (Å²) in [6.07, 6.45) is 2.94. The van der Waals surface area contributed by atoms with Gasteiger partial charge in [-0.3, -0.25) is 4.68 Å². The molecular formula is C12H13Cl2N3O. The molecule has 0 saturated carbocycles. The number of anilines is 1. The molecular weight excluding hydrogens is 273 g/mol. The zero-order valence-electron chi connectivity index (χ0n) is 9.55. The summed E-state index contributed by atoms with van der Waals surface area (Å²) >= 11 is 11.8. The molecule has 96 valence electrons. The lowest BCUT2D eigenvalue weighted by Gasteiger charge is -2.14. The molecule has 1 heterocycles. The van der Waals surface area contributed by atoms with Crippen molar-refractivity contribution in [2.75, 3.05) is 11.9 Å². The summed E-state index contributed by atoms with van der Waals surface area (Å²) < 4.78 is 1.68. The Morgan fingerprint density at radius 1 is 1.39 bits per heavy atom. The molecule has 0 fully saturated rings. The van der Waals surface area contributed by atoms with Crippen LogP contribution in [0.5, 0.6) is 0 Å². The third kappa shape index (κ3) is 3.63. The molecule has 2 N–H and O–H groups in total. The van der Waals surface area contributed by atoms with Gasteiger partial charge in [-0.2, -0.15) is 5.10 Å². The minimum absolute atomic E-state index is 0.390. The van der Waals surface area contributed by atoms with Gasteiger partial charge in [0, 0.05) is 24.0 Å². The first kappa shape index (κ1) is 13.2. The highest BCUT2D eigenvalue weighted by Crippen LogP contribution is 2.25. The first-order valence-corrected chi connectivity index (χ1v) is 6.25. The minimum Gasteiger partial charge on any atom is -0.389 e. The molecule has 0 aliphatic rings. The lowest BCUT2D eigenvalue weighted by molar-refractivity contribution is 0.161. The third-order valence-corrected chi connectivity index (χ3v) is 2.96. The molecule has 0 spiro atoms. The van der Waals surface area contributed by atoms with Crippen molar-refractivity contribution in [1.29, 1.82) is 0 Å². The van der Waals surface area contributed by atoms with Crippen LogP contribution in [0.1, 0.15) is 0 Å². The highest BCUT2D eigenvalue weighted by molar-refractivity contribution is 6.36. The van der Waals surface area contributed by atoms with Crippen molar-refractivity contribution >= 4 is 28.9 Å². The summed E-state index contributed by atoms with van der Waals surface area (Å²) in [6.45, 7) is 0.826. The molecule has 0 aliphatic carbocycles. The predicted molar refractivity (Wildman–Crippen MR) is 73.2 cm³/mol. The number of aliphatic hydroxyl groups is 1. The van der Waals surface area contributed by atoms with Gasteiger partial charge in [0.2, 0.25) is 0 Å². The van der Waals surface area contributed by atoms with E-state index in [2.05, 4.69) is 10.4 Å². The Morgan fingerprint density at radius 3 is 2.89 bits per heavy atom. The van der Waals surface area contributed by atoms with Crippen LogP contribution in [0.3, 0.4) is 0 Å². The summed E-state index contributed by atoms with van der Waals surface area (Å²) in [4.78, 5) is 0. The Bertz CT molecular complexity index is 502. The highest BCUT2D eigenvalue weighted by atomic mass is 35.5. The molecule has 1 aromatic heterocycles. The number of benzene rings is 1. The molecule has 1 atom stereocenters. The number of aromatic nitrogens is 2. The summed E-state index contributed by atoms with van der Waals surface area (Å²) in [5.74, 6) is 0. The fourth-order valence-corrected chi connectivity index (χ4v) is 2.02. The Balaban J connectivity index is 1.87. The standard InChI is InChI=1S/C12H13Cl2N3O/c13-9-2-3-12(11(14)6-9)15-7-10(18)8-17-5-1-4-16-17/h1-6,10,15,18H,7-8H2. The Hall–Kier alpha value is -1.23. The number of nitrogens with zero attached hydrogens (tertiary/aromatic N) is 2. The predicted octanol–water partition coefficient (Wildman–Crippen LogP) is 2.66. The molecule has 0 radical (unpaired) electrons. The minimum atomic E-state index is -0.545. The van der Waals surface area contributed by atoms with Gasteiger partial charge in [-0.25, -0.2) is 0 Å². The van der Waals surface area contributed by atoms with E-state index in [1.54, 1.807) is 35.3 Å². The maximum atomic E-state index is 9.84. The fraction of sp³-hybridized carbons (Fsp3) is 0.250. The second-order valence-corrected chi connectivity index (χ2v) is 4.73. The maximum Gasteiger partial charge on any atom is 0.0907 e. The molecule has 6 heteroatoms. The Morgan fingerprint density at radius 2 is 2.22 bits per heavy atom. The SMILES string of the molecule is OC(CNc1ccc(Cl)cc1Cl)Cn1cccn1. The van der Waals surface area contributed by atoms with Crippen LogP contribution in [0.2, 0.25) is 10.0 Å². The molecule has 0 bridgehead atoms. The summed E-state index contributed by atoms with van der Waals surface area (Å²) in [5.41, 5.74) is 0.751. The lowest BCUT2D eigenvalue weighted by atomic mass is 10.3. The second kappa shape index (κ2) is 6.09. The van der Waals surface area contributed by atoms with E-state index in [1.807, 2.05) is 6.07 Å². The average Bonchev–Trinajstić information content (AvgIpc) is 2.80. The van der Waals surface area contributed by atoms with E-state index in [1.165, 1.54) is 0 Å². The Kier molecular flexibility index (Phi) is 4.47. The van der Waals surface area contributed by atoms with Crippen LogP contribution in [-0.4, -0.2) is 27.5 Å². The number of hydrogen-bond donors (Lipinski definition) is 2. The van der Waals surface area contributed by atoms with E-state index in [0.29, 0.717) is 23.1 Å². The van der Waals surface area contributed by atoms with Crippen LogP contribution in [0, 0.1) is 0 Å². The van der Waals surface area contributed by atoms with Gasteiger partial charge in [0.1, 0.15) is 0 Å². The molecule has 0 aliphatic heterocycles. The van der Waals surface area contributed by atoms with Gasteiger partial charge in [0.05, 0.1) is 23.4 Å². The van der Waals surface area contributed by atoms with Crippen molar-refractivity contribution in [2.24, 2.45) is 0 Å². The van der Waals surface area contributed by atoms with Crippen molar-refractivity contribution in [1.82, 2.24) is 9.78 Å². The van der Waals surface area contributed by atoms with E-state index in [0.717, 1.165) is 5.69 Å². The van der Waals surface area contributed by atoms with Crippen LogP contribution in [0.25, 0.3) is 0 Å². The monoisotopic (exact) mass is 285 g/mol. The molecule has 2 rings (SSSR count). The smallest absolute Gasteiger partial charge is 0.0907 e. The molecule has 2 aromatic rings. The van der Waals surface area contributed by atoms with Gasteiger partial charge >= 0.3 is 0 Å². The zero-order chi connectivity index (χ0) is 13.0. The highest BCUT2D eigenvalue weighted by Gasteiger charge is 2.07. The van der Waals surface area contributed by atoms with Crippen LogP contribution in [-0.2, 0) is 6.54 Å². The topological polar surface area (TPSA) is 50.1 Å². The van der Waals surface area contributed by atoms with E-state index in [4.69, 9.17) is 23.2 Å². The van der Waals surface area contributed by atoms with E-state index in [-0.39, 0.29) is 0 Å². The van der Waals surface area contributed by atoms with Crippen molar-refractivity contribution in [3.05, 3.63) is 46.7 Å². The quantitative estimate of drug-likeness (QED) is 0.888. The zero-order valence-corrected chi connectivity index (χ0v) is 11.1. The van der Waals surface area contributed by atoms with Gasteiger partial charge in [0.15, 0.2) is 0 Å². The Labute approximate surface area is 115 Å². The third-order valence-electron chi connectivity index (χ3n) is 2.42. The number of aliphatic hydroxyl groups excluding tert-OH is 1. The van der Waals surface area contributed by atoms with E-state index in [9.17, 15) is 5.11 Å². The molecule has 0 saturated heterocycles. The normalized spacial score (nSPS) is 12.4.